The number of aromatic nitrogens is 2. The van der Waals surface area contributed by atoms with E-state index < -0.39 is 0 Å². The van der Waals surface area contributed by atoms with Crippen molar-refractivity contribution < 1.29 is 4.79 Å². The Hall–Kier alpha value is -3.93. The molecule has 2 aromatic carbocycles. The van der Waals surface area contributed by atoms with Gasteiger partial charge >= 0.3 is 6.03 Å². The molecule has 0 saturated heterocycles. The first-order chi connectivity index (χ1) is 14.4. The maximum absolute atomic E-state index is 13.1. The van der Waals surface area contributed by atoms with Gasteiger partial charge in [0.25, 0.3) is 5.56 Å². The number of para-hydroxylation sites is 1. The lowest BCUT2D eigenvalue weighted by atomic mass is 9.99. The minimum absolute atomic E-state index is 0.0953. The highest BCUT2D eigenvalue weighted by Crippen LogP contribution is 2.27. The van der Waals surface area contributed by atoms with Gasteiger partial charge in [-0.15, -0.1) is 0 Å². The van der Waals surface area contributed by atoms with Crippen LogP contribution in [0.25, 0.3) is 22.0 Å². The predicted octanol–water partition coefficient (Wildman–Crippen LogP) is 4.86. The van der Waals surface area contributed by atoms with E-state index in [1.165, 1.54) is 0 Å². The van der Waals surface area contributed by atoms with Crippen molar-refractivity contribution in [3.8, 4) is 11.1 Å². The SMILES string of the molecule is Cc1cc2c(cn1)cc(-c1cc(NC(=O)Nc3ccccc3)ccc1C)c(=O)n2C. The number of nitrogens with one attached hydrogen (secondary N) is 2. The summed E-state index contributed by atoms with van der Waals surface area (Å²) in [6.07, 6.45) is 1.78. The van der Waals surface area contributed by atoms with Gasteiger partial charge in [0.2, 0.25) is 0 Å². The molecule has 0 radical (unpaired) electrons. The molecule has 6 heteroatoms. The zero-order valence-corrected chi connectivity index (χ0v) is 17.1. The average Bonchev–Trinajstić information content (AvgIpc) is 2.73. The zero-order valence-electron chi connectivity index (χ0n) is 17.1. The number of rotatable bonds is 3. The van der Waals surface area contributed by atoms with Gasteiger partial charge in [-0.1, -0.05) is 24.3 Å². The van der Waals surface area contributed by atoms with Gasteiger partial charge in [0, 0.05) is 41.3 Å². The van der Waals surface area contributed by atoms with Crippen molar-refractivity contribution in [1.82, 2.24) is 9.55 Å². The summed E-state index contributed by atoms with van der Waals surface area (Å²) >= 11 is 0. The van der Waals surface area contributed by atoms with Crippen molar-refractivity contribution in [3.05, 3.63) is 88.5 Å². The molecule has 2 aromatic heterocycles. The molecule has 4 aromatic rings. The number of nitrogens with zero attached hydrogens (tertiary/aromatic N) is 2. The third-order valence-corrected chi connectivity index (χ3v) is 5.06. The molecule has 0 saturated carbocycles. The molecule has 150 valence electrons. The normalized spacial score (nSPS) is 10.8. The average molecular weight is 398 g/mol. The van der Waals surface area contributed by atoms with Crippen LogP contribution < -0.4 is 16.2 Å². The molecule has 0 atom stereocenters. The molecular weight excluding hydrogens is 376 g/mol. The third-order valence-electron chi connectivity index (χ3n) is 5.06. The van der Waals surface area contributed by atoms with Crippen LogP contribution in [0.15, 0.2) is 71.7 Å². The summed E-state index contributed by atoms with van der Waals surface area (Å²) in [6.45, 7) is 3.85. The van der Waals surface area contributed by atoms with E-state index in [1.54, 1.807) is 17.8 Å². The van der Waals surface area contributed by atoms with Gasteiger partial charge in [-0.05, 0) is 61.4 Å². The number of pyridine rings is 2. The Kier molecular flexibility index (Phi) is 5.06. The summed E-state index contributed by atoms with van der Waals surface area (Å²) in [5, 5.41) is 6.51. The Morgan fingerprint density at radius 1 is 0.900 bits per heavy atom. The number of carbonyl (C=O) groups is 1. The van der Waals surface area contributed by atoms with E-state index in [4.69, 9.17) is 0 Å². The van der Waals surface area contributed by atoms with Crippen LogP contribution in [0.1, 0.15) is 11.3 Å². The zero-order chi connectivity index (χ0) is 21.3. The molecule has 2 amide bonds. The molecule has 4 rings (SSSR count). The number of benzene rings is 2. The monoisotopic (exact) mass is 398 g/mol. The highest BCUT2D eigenvalue weighted by molar-refractivity contribution is 6.00. The van der Waals surface area contributed by atoms with Crippen molar-refractivity contribution in [2.75, 3.05) is 10.6 Å². The van der Waals surface area contributed by atoms with Gasteiger partial charge < -0.3 is 15.2 Å². The van der Waals surface area contributed by atoms with E-state index >= 15 is 0 Å². The number of hydrogen-bond donors (Lipinski definition) is 2. The largest absolute Gasteiger partial charge is 0.323 e. The van der Waals surface area contributed by atoms with Gasteiger partial charge in [0.15, 0.2) is 0 Å². The van der Waals surface area contributed by atoms with E-state index in [0.717, 1.165) is 27.7 Å². The molecule has 0 aliphatic carbocycles. The molecule has 0 fully saturated rings. The van der Waals surface area contributed by atoms with Crippen LogP contribution in [0.4, 0.5) is 16.2 Å². The van der Waals surface area contributed by atoms with E-state index in [-0.39, 0.29) is 11.6 Å². The molecule has 0 aliphatic rings. The van der Waals surface area contributed by atoms with Gasteiger partial charge in [0.1, 0.15) is 0 Å². The number of urea groups is 1. The van der Waals surface area contributed by atoms with Crippen molar-refractivity contribution in [2.45, 2.75) is 13.8 Å². The first kappa shape index (κ1) is 19.4. The van der Waals surface area contributed by atoms with Crippen LogP contribution in [0.3, 0.4) is 0 Å². The van der Waals surface area contributed by atoms with Gasteiger partial charge in [-0.25, -0.2) is 4.79 Å². The Morgan fingerprint density at radius 2 is 1.63 bits per heavy atom. The molecule has 6 nitrogen and oxygen atoms in total. The Morgan fingerprint density at radius 3 is 2.40 bits per heavy atom. The molecule has 30 heavy (non-hydrogen) atoms. The number of hydrogen-bond acceptors (Lipinski definition) is 3. The fourth-order valence-electron chi connectivity index (χ4n) is 3.46. The fourth-order valence-corrected chi connectivity index (χ4v) is 3.46. The van der Waals surface area contributed by atoms with Crippen molar-refractivity contribution in [2.24, 2.45) is 7.05 Å². The first-order valence-electron chi connectivity index (χ1n) is 9.63. The lowest BCUT2D eigenvalue weighted by Crippen LogP contribution is -2.20. The van der Waals surface area contributed by atoms with E-state index in [0.29, 0.717) is 16.9 Å². The third kappa shape index (κ3) is 3.80. The Balaban J connectivity index is 1.70. The summed E-state index contributed by atoms with van der Waals surface area (Å²) in [5.74, 6) is 0. The van der Waals surface area contributed by atoms with Crippen LogP contribution in [-0.4, -0.2) is 15.6 Å². The number of amides is 2. The second-order valence-electron chi connectivity index (χ2n) is 7.28. The van der Waals surface area contributed by atoms with Gasteiger partial charge in [-0.3, -0.25) is 9.78 Å². The summed E-state index contributed by atoms with van der Waals surface area (Å²) < 4.78 is 1.64. The van der Waals surface area contributed by atoms with Crippen molar-refractivity contribution >= 4 is 28.3 Å². The highest BCUT2D eigenvalue weighted by Gasteiger charge is 2.13. The lowest BCUT2D eigenvalue weighted by Gasteiger charge is -2.13. The molecule has 2 N–H and O–H groups in total. The minimum Gasteiger partial charge on any atom is -0.311 e. The molecule has 0 bridgehead atoms. The summed E-state index contributed by atoms with van der Waals surface area (Å²) in [5.41, 5.74) is 5.20. The topological polar surface area (TPSA) is 76.0 Å². The van der Waals surface area contributed by atoms with Crippen LogP contribution >= 0.6 is 0 Å². The second-order valence-corrected chi connectivity index (χ2v) is 7.28. The lowest BCUT2D eigenvalue weighted by molar-refractivity contribution is 0.262. The number of aryl methyl sites for hydroxylation is 3. The first-order valence-corrected chi connectivity index (χ1v) is 9.63. The second kappa shape index (κ2) is 7.83. The fraction of sp³-hybridized carbons (Fsp3) is 0.125. The maximum Gasteiger partial charge on any atom is 0.323 e. The molecular formula is C24H22N4O2. The number of anilines is 2. The number of carbonyl (C=O) groups excluding carboxylic acids is 1. The summed E-state index contributed by atoms with van der Waals surface area (Å²) in [6, 6.07) is 18.2. The highest BCUT2D eigenvalue weighted by atomic mass is 16.2. The van der Waals surface area contributed by atoms with E-state index in [9.17, 15) is 9.59 Å². The molecule has 2 heterocycles. The van der Waals surface area contributed by atoms with Crippen molar-refractivity contribution in [3.63, 3.8) is 0 Å². The maximum atomic E-state index is 13.1. The number of fused-ring (bicyclic) bond motifs is 1. The Bertz CT molecular complexity index is 1310. The molecule has 0 spiro atoms. The van der Waals surface area contributed by atoms with Gasteiger partial charge in [-0.2, -0.15) is 0 Å². The van der Waals surface area contributed by atoms with Crippen LogP contribution in [0, 0.1) is 13.8 Å². The van der Waals surface area contributed by atoms with E-state index in [1.807, 2.05) is 74.5 Å². The van der Waals surface area contributed by atoms with Crippen LogP contribution in [0.2, 0.25) is 0 Å². The van der Waals surface area contributed by atoms with E-state index in [2.05, 4.69) is 15.6 Å². The standard InChI is InChI=1S/C24H22N4O2/c1-15-9-10-19(27-24(30)26-18-7-5-4-6-8-18)13-20(15)21-12-17-14-25-16(2)11-22(17)28(3)23(21)29/h4-14H,1-3H3,(H2,26,27,30). The quantitative estimate of drug-likeness (QED) is 0.517. The summed E-state index contributed by atoms with van der Waals surface area (Å²) in [7, 11) is 1.76. The van der Waals surface area contributed by atoms with Crippen molar-refractivity contribution in [1.29, 1.82) is 0 Å². The van der Waals surface area contributed by atoms with Crippen LogP contribution in [0.5, 0.6) is 0 Å². The minimum atomic E-state index is -0.345. The predicted molar refractivity (Wildman–Crippen MR) is 121 cm³/mol. The molecule has 0 unspecified atom stereocenters. The smallest absolute Gasteiger partial charge is 0.311 e. The Labute approximate surface area is 174 Å². The van der Waals surface area contributed by atoms with Crippen LogP contribution in [-0.2, 0) is 7.05 Å². The summed E-state index contributed by atoms with van der Waals surface area (Å²) in [4.78, 5) is 29.8. The molecule has 0 aliphatic heterocycles. The van der Waals surface area contributed by atoms with Gasteiger partial charge in [0.05, 0.1) is 5.52 Å².